The normalized spacial score (nSPS) is 13.8. The molecule has 0 amide bonds. The lowest BCUT2D eigenvalue weighted by atomic mass is 10.3. The van der Waals surface area contributed by atoms with Gasteiger partial charge >= 0.3 is 17.8 Å². The molecule has 0 radical (unpaired) electrons. The summed E-state index contributed by atoms with van der Waals surface area (Å²) in [5, 5.41) is 10.8. The number of nitrogens with zero attached hydrogens (tertiary/aromatic N) is 5. The maximum absolute atomic E-state index is 13.0. The molecule has 1 saturated heterocycles. The Labute approximate surface area is 205 Å². The molecule has 0 saturated carbocycles. The van der Waals surface area contributed by atoms with Crippen molar-refractivity contribution in [1.29, 1.82) is 0 Å². The number of carbonyl (C=O) groups is 2. The predicted octanol–water partition coefficient (Wildman–Crippen LogP) is 0.557. The zero-order valence-corrected chi connectivity index (χ0v) is 19.6. The zero-order valence-electron chi connectivity index (χ0n) is 18.9. The van der Waals surface area contributed by atoms with E-state index in [2.05, 4.69) is 15.1 Å². The summed E-state index contributed by atoms with van der Waals surface area (Å²) in [5.41, 5.74) is -2.64. The van der Waals surface area contributed by atoms with Gasteiger partial charge in [0, 0.05) is 40.2 Å². The number of imidazole rings is 1. The van der Waals surface area contributed by atoms with Crippen molar-refractivity contribution in [1.82, 2.24) is 24.2 Å². The Hall–Kier alpha value is -3.85. The van der Waals surface area contributed by atoms with Crippen LogP contribution in [0.15, 0.2) is 33.9 Å². The predicted molar refractivity (Wildman–Crippen MR) is 122 cm³/mol. The van der Waals surface area contributed by atoms with Crippen LogP contribution in [-0.2, 0) is 16.6 Å². The molecule has 0 atom stereocenters. The number of piperazine rings is 1. The summed E-state index contributed by atoms with van der Waals surface area (Å²) >= 11 is 6.34. The van der Waals surface area contributed by atoms with Gasteiger partial charge in [0.2, 0.25) is 11.6 Å². The van der Waals surface area contributed by atoms with Gasteiger partial charge in [0.05, 0.1) is 10.7 Å². The van der Waals surface area contributed by atoms with E-state index in [0.717, 1.165) is 14.0 Å². The van der Waals surface area contributed by atoms with Gasteiger partial charge in [-0.2, -0.15) is 18.2 Å². The zero-order chi connectivity index (χ0) is 26.8. The Morgan fingerprint density at radius 2 is 1.75 bits per heavy atom. The van der Waals surface area contributed by atoms with Crippen LogP contribution in [0.2, 0.25) is 5.02 Å². The van der Waals surface area contributed by atoms with Crippen LogP contribution in [0.25, 0.3) is 16.9 Å². The molecule has 36 heavy (non-hydrogen) atoms. The number of anilines is 1. The number of carboxylic acids is 1. The number of rotatable bonds is 3. The average Bonchev–Trinajstić information content (AvgIpc) is 3.20. The van der Waals surface area contributed by atoms with Gasteiger partial charge < -0.3 is 20.2 Å². The van der Waals surface area contributed by atoms with Gasteiger partial charge in [0.1, 0.15) is 0 Å². The SMILES string of the molecule is CC(=O)O.Cn1c(=O)c2c(nc(N3CCNCC3)n2-c2ccccc2Cl)n(OC(=O)C(F)(F)F)c1=O. The number of hydrogen-bond donors (Lipinski definition) is 2. The second-order valence-corrected chi connectivity index (χ2v) is 7.85. The third-order valence-corrected chi connectivity index (χ3v) is 5.22. The Bertz CT molecular complexity index is 1420. The topological polar surface area (TPSA) is 141 Å². The van der Waals surface area contributed by atoms with Crippen molar-refractivity contribution in [2.24, 2.45) is 7.05 Å². The first kappa shape index (κ1) is 26.7. The third-order valence-electron chi connectivity index (χ3n) is 4.90. The molecule has 16 heteroatoms. The van der Waals surface area contributed by atoms with Crippen molar-refractivity contribution in [2.45, 2.75) is 13.1 Å². The van der Waals surface area contributed by atoms with Gasteiger partial charge in [-0.15, -0.1) is 0 Å². The Morgan fingerprint density at radius 3 is 2.31 bits per heavy atom. The molecule has 1 aliphatic heterocycles. The van der Waals surface area contributed by atoms with E-state index in [0.29, 0.717) is 36.4 Å². The van der Waals surface area contributed by atoms with Crippen LogP contribution >= 0.6 is 11.6 Å². The standard InChI is InChI=1S/C18H16ClF3N6O4.C2H4O2/c1-25-14(29)12-13(28(17(25)31)32-15(30)18(20,21)22)24-16(26-8-6-23-7-9-26)27(12)11-5-3-2-4-10(11)19;1-2(3)4/h2-5,23H,6-9H2,1H3;1H3,(H,3,4). The van der Waals surface area contributed by atoms with Gasteiger partial charge in [-0.25, -0.2) is 9.59 Å². The number of para-hydroxylation sites is 1. The van der Waals surface area contributed by atoms with Crippen LogP contribution < -0.4 is 26.3 Å². The summed E-state index contributed by atoms with van der Waals surface area (Å²) in [7, 11) is 1.05. The number of carboxylic acid groups (broad SMARTS) is 1. The highest BCUT2D eigenvalue weighted by atomic mass is 35.5. The lowest BCUT2D eigenvalue weighted by Gasteiger charge is -2.28. The summed E-state index contributed by atoms with van der Waals surface area (Å²) in [4.78, 5) is 56.4. The minimum atomic E-state index is -5.37. The molecule has 1 fully saturated rings. The molecule has 4 rings (SSSR count). The van der Waals surface area contributed by atoms with Crippen molar-refractivity contribution in [3.63, 3.8) is 0 Å². The van der Waals surface area contributed by atoms with Gasteiger partial charge in [0.15, 0.2) is 5.52 Å². The molecule has 2 aromatic heterocycles. The maximum Gasteiger partial charge on any atom is 0.493 e. The highest BCUT2D eigenvalue weighted by Crippen LogP contribution is 2.29. The molecule has 0 spiro atoms. The molecule has 0 bridgehead atoms. The van der Waals surface area contributed by atoms with E-state index in [1.807, 2.05) is 0 Å². The van der Waals surface area contributed by atoms with Gasteiger partial charge in [-0.05, 0) is 12.1 Å². The summed E-state index contributed by atoms with van der Waals surface area (Å²) in [6.07, 6.45) is -5.37. The first-order valence-corrected chi connectivity index (χ1v) is 10.7. The summed E-state index contributed by atoms with van der Waals surface area (Å²) in [6.45, 7) is 3.17. The minimum Gasteiger partial charge on any atom is -0.481 e. The Morgan fingerprint density at radius 1 is 1.17 bits per heavy atom. The smallest absolute Gasteiger partial charge is 0.481 e. The number of fused-ring (bicyclic) bond motifs is 1. The van der Waals surface area contributed by atoms with Crippen molar-refractivity contribution in [2.75, 3.05) is 31.1 Å². The highest BCUT2D eigenvalue weighted by molar-refractivity contribution is 6.32. The second-order valence-electron chi connectivity index (χ2n) is 7.44. The lowest BCUT2D eigenvalue weighted by Crippen LogP contribution is -2.45. The van der Waals surface area contributed by atoms with Crippen LogP contribution in [0.3, 0.4) is 0 Å². The first-order chi connectivity index (χ1) is 16.8. The van der Waals surface area contributed by atoms with Crippen molar-refractivity contribution >= 4 is 40.7 Å². The summed E-state index contributed by atoms with van der Waals surface area (Å²) in [5.74, 6) is -3.30. The summed E-state index contributed by atoms with van der Waals surface area (Å²) in [6, 6.07) is 6.47. The molecule has 3 aromatic rings. The fourth-order valence-electron chi connectivity index (χ4n) is 3.36. The number of halogens is 4. The lowest BCUT2D eigenvalue weighted by molar-refractivity contribution is -0.200. The molecule has 194 valence electrons. The van der Waals surface area contributed by atoms with Gasteiger partial charge in [0.25, 0.3) is 11.5 Å². The highest BCUT2D eigenvalue weighted by Gasteiger charge is 2.43. The van der Waals surface area contributed by atoms with Crippen LogP contribution in [0.1, 0.15) is 6.92 Å². The Balaban J connectivity index is 0.000000840. The second kappa shape index (κ2) is 10.4. The fraction of sp³-hybridized carbons (Fsp3) is 0.350. The quantitative estimate of drug-likeness (QED) is 0.495. The van der Waals surface area contributed by atoms with E-state index < -0.39 is 35.0 Å². The number of nitrogens with one attached hydrogen (secondary N) is 1. The van der Waals surface area contributed by atoms with Crippen molar-refractivity contribution < 1.29 is 32.7 Å². The molecule has 0 aliphatic carbocycles. The van der Waals surface area contributed by atoms with E-state index in [-0.39, 0.29) is 21.2 Å². The van der Waals surface area contributed by atoms with Crippen LogP contribution in [0.4, 0.5) is 19.1 Å². The molecular formula is C20H20ClF3N6O6. The molecule has 3 heterocycles. The van der Waals surface area contributed by atoms with E-state index >= 15 is 0 Å². The van der Waals surface area contributed by atoms with Gasteiger partial charge in [-0.3, -0.25) is 18.7 Å². The molecule has 2 N–H and O–H groups in total. The minimum absolute atomic E-state index is 0.0750. The monoisotopic (exact) mass is 532 g/mol. The molecule has 12 nitrogen and oxygen atoms in total. The summed E-state index contributed by atoms with van der Waals surface area (Å²) < 4.78 is 40.4. The number of carbonyl (C=O) groups excluding carboxylic acids is 1. The van der Waals surface area contributed by atoms with Crippen LogP contribution in [-0.4, -0.2) is 68.2 Å². The first-order valence-electron chi connectivity index (χ1n) is 10.3. The van der Waals surface area contributed by atoms with Crippen molar-refractivity contribution in [3.05, 3.63) is 50.1 Å². The number of benzene rings is 1. The molecule has 1 aliphatic rings. The third kappa shape index (κ3) is 5.36. The van der Waals surface area contributed by atoms with Crippen molar-refractivity contribution in [3.8, 4) is 5.69 Å². The van der Waals surface area contributed by atoms with E-state index in [1.165, 1.54) is 4.57 Å². The van der Waals surface area contributed by atoms with E-state index in [4.69, 9.17) is 21.5 Å². The van der Waals surface area contributed by atoms with Crippen LogP contribution in [0, 0.1) is 0 Å². The number of aliphatic carboxylic acids is 1. The van der Waals surface area contributed by atoms with E-state index in [1.54, 1.807) is 29.2 Å². The van der Waals surface area contributed by atoms with Crippen LogP contribution in [0.5, 0.6) is 0 Å². The van der Waals surface area contributed by atoms with Gasteiger partial charge in [-0.1, -0.05) is 28.5 Å². The average molecular weight is 533 g/mol. The number of aromatic nitrogens is 4. The van der Waals surface area contributed by atoms with E-state index in [9.17, 15) is 27.6 Å². The maximum atomic E-state index is 13.0. The number of hydrogen-bond acceptors (Lipinski definition) is 8. The molecular weight excluding hydrogens is 513 g/mol. The number of alkyl halides is 3. The molecule has 1 aromatic carbocycles. The largest absolute Gasteiger partial charge is 0.493 e. The molecule has 0 unspecified atom stereocenters. The Kier molecular flexibility index (Phi) is 7.74. The fourth-order valence-corrected chi connectivity index (χ4v) is 3.58.